The monoisotopic (exact) mass is 330 g/mol. The summed E-state index contributed by atoms with van der Waals surface area (Å²) >= 11 is 10.7. The van der Waals surface area contributed by atoms with Gasteiger partial charge in [0.25, 0.3) is 0 Å². The van der Waals surface area contributed by atoms with Crippen LogP contribution in [-0.4, -0.2) is 30.9 Å². The molecule has 18 heavy (non-hydrogen) atoms. The molecule has 0 aliphatic carbocycles. The van der Waals surface area contributed by atoms with Crippen molar-refractivity contribution in [1.29, 1.82) is 0 Å². The predicted octanol–water partition coefficient (Wildman–Crippen LogP) is 4.77. The molecule has 0 atom stereocenters. The molecule has 0 bridgehead atoms. The van der Waals surface area contributed by atoms with E-state index in [9.17, 15) is 17.7 Å². The van der Waals surface area contributed by atoms with Crippen molar-refractivity contribution in [2.45, 2.75) is 31.6 Å². The third-order valence-electron chi connectivity index (χ3n) is 1.89. The van der Waals surface area contributed by atoms with Crippen molar-refractivity contribution in [2.24, 2.45) is 0 Å². The first-order chi connectivity index (χ1) is 8.37. The van der Waals surface area contributed by atoms with Gasteiger partial charge in [-0.2, -0.15) is 13.2 Å². The predicted molar refractivity (Wildman–Crippen MR) is 65.5 cm³/mol. The molecule has 0 unspecified atom stereocenters. The molecule has 0 heterocycles. The average Bonchev–Trinajstić information content (AvgIpc) is 2.29. The first-order valence-electron chi connectivity index (χ1n) is 5.45. The van der Waals surface area contributed by atoms with E-state index < -0.39 is 13.5 Å². The Balaban J connectivity index is 4.23. The molecule has 110 valence electrons. The zero-order valence-electron chi connectivity index (χ0n) is 9.72. The lowest BCUT2D eigenvalue weighted by Crippen LogP contribution is -2.15. The first-order valence-corrected chi connectivity index (χ1v) is 8.06. The maximum Gasteiger partial charge on any atom is 0.493 e. The van der Waals surface area contributed by atoms with Crippen molar-refractivity contribution in [3.05, 3.63) is 0 Å². The van der Waals surface area contributed by atoms with E-state index in [0.29, 0.717) is 37.4 Å². The Kier molecular flexibility index (Phi) is 9.70. The molecule has 3 nitrogen and oxygen atoms in total. The zero-order chi connectivity index (χ0) is 14.1. The average molecular weight is 331 g/mol. The van der Waals surface area contributed by atoms with Gasteiger partial charge in [0.1, 0.15) is 0 Å². The SMILES string of the molecule is O=P(OCCCCCl)(OCCCCCl)C(F)(F)F. The van der Waals surface area contributed by atoms with Crippen molar-refractivity contribution in [2.75, 3.05) is 25.0 Å². The summed E-state index contributed by atoms with van der Waals surface area (Å²) in [7, 11) is -5.07. The molecule has 0 aliphatic rings. The molecule has 0 amide bonds. The number of alkyl halides is 5. The largest absolute Gasteiger partial charge is 0.493 e. The second kappa shape index (κ2) is 9.43. The summed E-state index contributed by atoms with van der Waals surface area (Å²) in [5.74, 6) is -4.37. The summed E-state index contributed by atoms with van der Waals surface area (Å²) in [5.41, 5.74) is 0. The summed E-state index contributed by atoms with van der Waals surface area (Å²) in [5, 5.41) is 0. The lowest BCUT2D eigenvalue weighted by Gasteiger charge is -2.20. The van der Waals surface area contributed by atoms with Crippen LogP contribution in [0.15, 0.2) is 0 Å². The Morgan fingerprint density at radius 2 is 1.28 bits per heavy atom. The second-order valence-electron chi connectivity index (χ2n) is 3.42. The number of hydrogen-bond acceptors (Lipinski definition) is 3. The minimum absolute atomic E-state index is 0.293. The molecule has 0 saturated carbocycles. The van der Waals surface area contributed by atoms with E-state index >= 15 is 0 Å². The van der Waals surface area contributed by atoms with E-state index in [-0.39, 0.29) is 13.2 Å². The minimum atomic E-state index is -5.07. The number of unbranched alkanes of at least 4 members (excludes halogenated alkanes) is 2. The van der Waals surface area contributed by atoms with E-state index in [4.69, 9.17) is 23.2 Å². The molecule has 9 heteroatoms. The Morgan fingerprint density at radius 1 is 0.889 bits per heavy atom. The maximum atomic E-state index is 12.6. The van der Waals surface area contributed by atoms with E-state index in [2.05, 4.69) is 9.05 Å². The van der Waals surface area contributed by atoms with E-state index in [1.54, 1.807) is 0 Å². The van der Waals surface area contributed by atoms with Crippen molar-refractivity contribution in [3.63, 3.8) is 0 Å². The van der Waals surface area contributed by atoms with Crippen molar-refractivity contribution in [1.82, 2.24) is 0 Å². The molecule has 0 aromatic carbocycles. The molecule has 0 rings (SSSR count). The highest BCUT2D eigenvalue weighted by Gasteiger charge is 2.54. The lowest BCUT2D eigenvalue weighted by atomic mass is 10.4. The highest BCUT2D eigenvalue weighted by atomic mass is 35.5. The fourth-order valence-electron chi connectivity index (χ4n) is 0.946. The van der Waals surface area contributed by atoms with Gasteiger partial charge in [0.15, 0.2) is 0 Å². The van der Waals surface area contributed by atoms with Crippen LogP contribution in [0, 0.1) is 0 Å². The summed E-state index contributed by atoms with van der Waals surface area (Å²) in [6.07, 6.45) is 1.58. The molecule has 0 saturated heterocycles. The van der Waals surface area contributed by atoms with Crippen LogP contribution in [-0.2, 0) is 13.6 Å². The number of halogens is 5. The quantitative estimate of drug-likeness (QED) is 0.329. The Bertz CT molecular complexity index is 248. The van der Waals surface area contributed by atoms with Crippen LogP contribution in [0.1, 0.15) is 25.7 Å². The van der Waals surface area contributed by atoms with Gasteiger partial charge in [0, 0.05) is 11.8 Å². The number of rotatable bonds is 10. The van der Waals surface area contributed by atoms with Gasteiger partial charge in [-0.3, -0.25) is 0 Å². The van der Waals surface area contributed by atoms with Gasteiger partial charge < -0.3 is 9.05 Å². The number of hydrogen-bond donors (Lipinski definition) is 0. The first kappa shape index (κ1) is 18.5. The third kappa shape index (κ3) is 7.19. The van der Waals surface area contributed by atoms with Crippen LogP contribution in [0.5, 0.6) is 0 Å². The maximum absolute atomic E-state index is 12.6. The summed E-state index contributed by atoms with van der Waals surface area (Å²) in [6.45, 7) is -0.585. The lowest BCUT2D eigenvalue weighted by molar-refractivity contribution is -0.0756. The normalized spacial score (nSPS) is 12.9. The molecule has 0 spiro atoms. The zero-order valence-corrected chi connectivity index (χ0v) is 12.1. The highest BCUT2D eigenvalue weighted by Crippen LogP contribution is 2.62. The van der Waals surface area contributed by atoms with Crippen LogP contribution in [0.25, 0.3) is 0 Å². The second-order valence-corrected chi connectivity index (χ2v) is 6.20. The van der Waals surface area contributed by atoms with Gasteiger partial charge in [-0.15, -0.1) is 23.2 Å². The van der Waals surface area contributed by atoms with Crippen LogP contribution in [0.3, 0.4) is 0 Å². The van der Waals surface area contributed by atoms with E-state index in [1.165, 1.54) is 0 Å². The minimum Gasteiger partial charge on any atom is -0.302 e. The molecule has 0 aliphatic heterocycles. The van der Waals surface area contributed by atoms with Gasteiger partial charge in [-0.25, -0.2) is 4.57 Å². The van der Waals surface area contributed by atoms with Gasteiger partial charge in [-0.05, 0) is 25.7 Å². The molecule has 0 fully saturated rings. The van der Waals surface area contributed by atoms with Gasteiger partial charge >= 0.3 is 13.5 Å². The summed E-state index contributed by atoms with van der Waals surface area (Å²) in [4.78, 5) is 0. The Hall–Kier alpha value is 0.520. The summed E-state index contributed by atoms with van der Waals surface area (Å²) in [6, 6.07) is 0. The van der Waals surface area contributed by atoms with Crippen LogP contribution < -0.4 is 0 Å². The van der Waals surface area contributed by atoms with Gasteiger partial charge in [0.2, 0.25) is 0 Å². The summed E-state index contributed by atoms with van der Waals surface area (Å²) < 4.78 is 58.0. The van der Waals surface area contributed by atoms with Crippen molar-refractivity contribution < 1.29 is 26.8 Å². The van der Waals surface area contributed by atoms with E-state index in [1.807, 2.05) is 0 Å². The van der Waals surface area contributed by atoms with Crippen molar-refractivity contribution in [3.8, 4) is 0 Å². The highest BCUT2D eigenvalue weighted by molar-refractivity contribution is 7.54. The van der Waals surface area contributed by atoms with Gasteiger partial charge in [0.05, 0.1) is 13.2 Å². The van der Waals surface area contributed by atoms with Crippen LogP contribution >= 0.6 is 30.8 Å². The standard InChI is InChI=1S/C9H16Cl2F3O3P/c10-5-1-3-7-16-18(15,9(12,13)14)17-8-4-2-6-11/h1-8H2. The van der Waals surface area contributed by atoms with E-state index in [0.717, 1.165) is 0 Å². The molecule has 0 radical (unpaired) electrons. The molecule has 0 N–H and O–H groups in total. The molecular formula is C9H16Cl2F3O3P. The topological polar surface area (TPSA) is 35.5 Å². The smallest absolute Gasteiger partial charge is 0.302 e. The van der Waals surface area contributed by atoms with Gasteiger partial charge in [-0.1, -0.05) is 0 Å². The molecule has 0 aromatic rings. The molecular weight excluding hydrogens is 315 g/mol. The van der Waals surface area contributed by atoms with Crippen LogP contribution in [0.2, 0.25) is 0 Å². The van der Waals surface area contributed by atoms with Crippen LogP contribution in [0.4, 0.5) is 13.2 Å². The fourth-order valence-corrected chi connectivity index (χ4v) is 2.43. The van der Waals surface area contributed by atoms with Crippen molar-refractivity contribution >= 4 is 30.8 Å². The third-order valence-corrected chi connectivity index (χ3v) is 4.09. The molecule has 0 aromatic heterocycles. The fraction of sp³-hybridized carbons (Fsp3) is 1.00. The Labute approximate surface area is 114 Å². The Morgan fingerprint density at radius 3 is 1.56 bits per heavy atom.